The molecule has 112 valence electrons. The molecular formula is C18H16O4. The van der Waals surface area contributed by atoms with Crippen LogP contribution in [-0.4, -0.2) is 20.4 Å². The molecule has 0 aliphatic carbocycles. The smallest absolute Gasteiger partial charge is 0.157 e. The standard InChI is InChI=1S/C18H16O4/c19-15-9-7-13(11-17(15)21)5-3-1-2-4-6-14-8-10-16(20)18(22)12-14/h1-12,19-22H/b2-1+,5-3+,6-4+. The highest BCUT2D eigenvalue weighted by molar-refractivity contribution is 5.58. The molecule has 0 aliphatic rings. The van der Waals surface area contributed by atoms with Gasteiger partial charge < -0.3 is 20.4 Å². The van der Waals surface area contributed by atoms with Gasteiger partial charge >= 0.3 is 0 Å². The Balaban J connectivity index is 1.94. The third kappa shape index (κ3) is 4.18. The molecule has 0 aromatic heterocycles. The highest BCUT2D eigenvalue weighted by Crippen LogP contribution is 2.26. The van der Waals surface area contributed by atoms with Crippen LogP contribution in [-0.2, 0) is 0 Å². The molecule has 0 bridgehead atoms. The van der Waals surface area contributed by atoms with E-state index < -0.39 is 0 Å². The first-order valence-corrected chi connectivity index (χ1v) is 6.61. The van der Waals surface area contributed by atoms with Crippen molar-refractivity contribution in [1.82, 2.24) is 0 Å². The highest BCUT2D eigenvalue weighted by atomic mass is 16.3. The summed E-state index contributed by atoms with van der Waals surface area (Å²) in [6, 6.07) is 9.16. The van der Waals surface area contributed by atoms with Gasteiger partial charge in [0.1, 0.15) is 0 Å². The number of hydrogen-bond acceptors (Lipinski definition) is 4. The molecule has 0 amide bonds. The van der Waals surface area contributed by atoms with Gasteiger partial charge in [-0.1, -0.05) is 48.6 Å². The number of hydrogen-bond donors (Lipinski definition) is 4. The monoisotopic (exact) mass is 296 g/mol. The van der Waals surface area contributed by atoms with Crippen molar-refractivity contribution in [3.63, 3.8) is 0 Å². The maximum Gasteiger partial charge on any atom is 0.157 e. The van der Waals surface area contributed by atoms with E-state index in [0.29, 0.717) is 0 Å². The maximum atomic E-state index is 9.36. The number of allylic oxidation sites excluding steroid dienone is 4. The van der Waals surface area contributed by atoms with Crippen LogP contribution >= 0.6 is 0 Å². The Hall–Kier alpha value is -3.14. The van der Waals surface area contributed by atoms with Crippen molar-refractivity contribution in [2.75, 3.05) is 0 Å². The Kier molecular flexibility index (Phi) is 4.88. The van der Waals surface area contributed by atoms with Crippen LogP contribution in [0.2, 0.25) is 0 Å². The molecule has 0 heterocycles. The van der Waals surface area contributed by atoms with Gasteiger partial charge in [-0.05, 0) is 35.4 Å². The largest absolute Gasteiger partial charge is 0.504 e. The van der Waals surface area contributed by atoms with E-state index in [4.69, 9.17) is 0 Å². The van der Waals surface area contributed by atoms with Crippen LogP contribution in [0.4, 0.5) is 0 Å². The minimum atomic E-state index is -0.154. The molecule has 4 N–H and O–H groups in total. The maximum absolute atomic E-state index is 9.36. The highest BCUT2D eigenvalue weighted by Gasteiger charge is 1.97. The molecular weight excluding hydrogens is 280 g/mol. The Morgan fingerprint density at radius 3 is 1.27 bits per heavy atom. The van der Waals surface area contributed by atoms with Crippen molar-refractivity contribution in [3.8, 4) is 23.0 Å². The first kappa shape index (κ1) is 15.3. The van der Waals surface area contributed by atoms with Crippen molar-refractivity contribution < 1.29 is 20.4 Å². The summed E-state index contributed by atoms with van der Waals surface area (Å²) in [6.07, 6.45) is 10.8. The number of rotatable bonds is 4. The lowest BCUT2D eigenvalue weighted by molar-refractivity contribution is 0.403. The third-order valence-electron chi connectivity index (χ3n) is 2.91. The van der Waals surface area contributed by atoms with Gasteiger partial charge in [0.15, 0.2) is 23.0 Å². The van der Waals surface area contributed by atoms with E-state index in [1.807, 2.05) is 0 Å². The second kappa shape index (κ2) is 7.04. The SMILES string of the molecule is Oc1ccc(/C=C/C=C/C=C/c2ccc(O)c(O)c2)cc1O. The van der Waals surface area contributed by atoms with Crippen LogP contribution in [0.25, 0.3) is 12.2 Å². The van der Waals surface area contributed by atoms with E-state index in [9.17, 15) is 20.4 Å². The molecule has 2 aromatic rings. The van der Waals surface area contributed by atoms with Crippen LogP contribution in [0.3, 0.4) is 0 Å². The summed E-state index contributed by atoms with van der Waals surface area (Å²) in [5.41, 5.74) is 1.54. The minimum Gasteiger partial charge on any atom is -0.504 e. The van der Waals surface area contributed by atoms with Gasteiger partial charge in [0.05, 0.1) is 0 Å². The molecule has 0 radical (unpaired) electrons. The Morgan fingerprint density at radius 1 is 0.500 bits per heavy atom. The molecule has 0 fully saturated rings. The van der Waals surface area contributed by atoms with E-state index >= 15 is 0 Å². The first-order chi connectivity index (χ1) is 10.6. The zero-order valence-electron chi connectivity index (χ0n) is 11.7. The van der Waals surface area contributed by atoms with Crippen LogP contribution < -0.4 is 0 Å². The molecule has 4 heteroatoms. The number of phenols is 4. The summed E-state index contributed by atoms with van der Waals surface area (Å²) in [5.74, 6) is -0.600. The van der Waals surface area contributed by atoms with E-state index in [1.54, 1.807) is 48.6 Å². The second-order valence-corrected chi connectivity index (χ2v) is 4.60. The van der Waals surface area contributed by atoms with Gasteiger partial charge in [-0.25, -0.2) is 0 Å². The normalized spacial score (nSPS) is 11.8. The molecule has 0 atom stereocenters. The molecule has 2 rings (SSSR count). The van der Waals surface area contributed by atoms with Crippen LogP contribution in [0.15, 0.2) is 60.7 Å². The Labute approximate surface area is 128 Å². The first-order valence-electron chi connectivity index (χ1n) is 6.61. The molecule has 22 heavy (non-hydrogen) atoms. The molecule has 2 aromatic carbocycles. The van der Waals surface area contributed by atoms with Crippen LogP contribution in [0, 0.1) is 0 Å². The van der Waals surface area contributed by atoms with E-state index in [2.05, 4.69) is 0 Å². The molecule has 0 saturated carbocycles. The van der Waals surface area contributed by atoms with Crippen molar-refractivity contribution in [3.05, 3.63) is 71.8 Å². The van der Waals surface area contributed by atoms with Gasteiger partial charge in [0.25, 0.3) is 0 Å². The predicted molar refractivity (Wildman–Crippen MR) is 86.8 cm³/mol. The Bertz CT molecular complexity index is 679. The van der Waals surface area contributed by atoms with Crippen molar-refractivity contribution >= 4 is 12.2 Å². The van der Waals surface area contributed by atoms with Gasteiger partial charge in [-0.3, -0.25) is 0 Å². The third-order valence-corrected chi connectivity index (χ3v) is 2.91. The van der Waals surface area contributed by atoms with Gasteiger partial charge in [0, 0.05) is 0 Å². The number of phenolic OH excluding ortho intramolecular Hbond substituents is 4. The van der Waals surface area contributed by atoms with Gasteiger partial charge in [0.2, 0.25) is 0 Å². The average Bonchev–Trinajstić information content (AvgIpc) is 2.50. The molecule has 0 saturated heterocycles. The van der Waals surface area contributed by atoms with E-state index in [0.717, 1.165) is 11.1 Å². The molecule has 0 aliphatic heterocycles. The van der Waals surface area contributed by atoms with Gasteiger partial charge in [-0.15, -0.1) is 0 Å². The van der Waals surface area contributed by atoms with Crippen molar-refractivity contribution in [1.29, 1.82) is 0 Å². The second-order valence-electron chi connectivity index (χ2n) is 4.60. The topological polar surface area (TPSA) is 80.9 Å². The fourth-order valence-corrected chi connectivity index (χ4v) is 1.75. The summed E-state index contributed by atoms with van der Waals surface area (Å²) >= 11 is 0. The molecule has 0 unspecified atom stereocenters. The van der Waals surface area contributed by atoms with E-state index in [1.165, 1.54) is 24.3 Å². The molecule has 4 nitrogen and oxygen atoms in total. The summed E-state index contributed by atoms with van der Waals surface area (Å²) in [6.45, 7) is 0. The Morgan fingerprint density at radius 2 is 0.909 bits per heavy atom. The molecule has 0 spiro atoms. The predicted octanol–water partition coefficient (Wildman–Crippen LogP) is 3.79. The summed E-state index contributed by atoms with van der Waals surface area (Å²) in [5, 5.41) is 37.1. The lowest BCUT2D eigenvalue weighted by atomic mass is 10.2. The van der Waals surface area contributed by atoms with Gasteiger partial charge in [-0.2, -0.15) is 0 Å². The van der Waals surface area contributed by atoms with Crippen LogP contribution in [0.1, 0.15) is 11.1 Å². The minimum absolute atomic E-state index is 0.146. The van der Waals surface area contributed by atoms with Crippen molar-refractivity contribution in [2.24, 2.45) is 0 Å². The lowest BCUT2D eigenvalue weighted by Gasteiger charge is -1.97. The summed E-state index contributed by atoms with van der Waals surface area (Å²) < 4.78 is 0. The average molecular weight is 296 g/mol. The lowest BCUT2D eigenvalue weighted by Crippen LogP contribution is -1.73. The number of benzene rings is 2. The fourth-order valence-electron chi connectivity index (χ4n) is 1.75. The van der Waals surface area contributed by atoms with Crippen molar-refractivity contribution in [2.45, 2.75) is 0 Å². The quantitative estimate of drug-likeness (QED) is 0.511. The zero-order chi connectivity index (χ0) is 15.9. The zero-order valence-corrected chi connectivity index (χ0v) is 11.7. The van der Waals surface area contributed by atoms with E-state index in [-0.39, 0.29) is 23.0 Å². The fraction of sp³-hybridized carbons (Fsp3) is 0. The summed E-state index contributed by atoms with van der Waals surface area (Å²) in [4.78, 5) is 0. The summed E-state index contributed by atoms with van der Waals surface area (Å²) in [7, 11) is 0. The number of aromatic hydroxyl groups is 4. The van der Waals surface area contributed by atoms with Crippen LogP contribution in [0.5, 0.6) is 23.0 Å².